The molecule has 0 spiro atoms. The second-order valence-electron chi connectivity index (χ2n) is 6.14. The zero-order valence-electron chi connectivity index (χ0n) is 14.7. The molecule has 3 rings (SSSR count). The number of furan rings is 1. The SMILES string of the molecule is O=C(c1ccco1)N1CCCN(S(=O)(=O)CCOc2ccc(F)cc2)CC1. The van der Waals surface area contributed by atoms with Gasteiger partial charge >= 0.3 is 0 Å². The van der Waals surface area contributed by atoms with Crippen molar-refractivity contribution in [1.82, 2.24) is 9.21 Å². The van der Waals surface area contributed by atoms with E-state index in [0.717, 1.165) is 0 Å². The number of carbonyl (C=O) groups is 1. The lowest BCUT2D eigenvalue weighted by Gasteiger charge is -2.21. The van der Waals surface area contributed by atoms with Gasteiger partial charge in [-0.25, -0.2) is 12.8 Å². The summed E-state index contributed by atoms with van der Waals surface area (Å²) in [6.45, 7) is 1.32. The normalized spacial score (nSPS) is 16.1. The Morgan fingerprint density at radius 3 is 2.59 bits per heavy atom. The Morgan fingerprint density at radius 2 is 1.89 bits per heavy atom. The van der Waals surface area contributed by atoms with Crippen LogP contribution in [0.1, 0.15) is 17.0 Å². The Labute approximate surface area is 157 Å². The van der Waals surface area contributed by atoms with Gasteiger partial charge in [-0.05, 0) is 42.8 Å². The number of nitrogens with zero attached hydrogens (tertiary/aromatic N) is 2. The molecule has 0 aliphatic carbocycles. The van der Waals surface area contributed by atoms with E-state index in [1.807, 2.05) is 0 Å². The van der Waals surface area contributed by atoms with Crippen LogP contribution in [0, 0.1) is 5.82 Å². The van der Waals surface area contributed by atoms with Crippen LogP contribution in [-0.4, -0.2) is 62.1 Å². The molecule has 0 radical (unpaired) electrons. The van der Waals surface area contributed by atoms with Gasteiger partial charge in [0, 0.05) is 26.2 Å². The van der Waals surface area contributed by atoms with E-state index in [4.69, 9.17) is 9.15 Å². The number of sulfonamides is 1. The fraction of sp³-hybridized carbons (Fsp3) is 0.389. The molecule has 0 atom stereocenters. The summed E-state index contributed by atoms with van der Waals surface area (Å²) >= 11 is 0. The highest BCUT2D eigenvalue weighted by atomic mass is 32.2. The van der Waals surface area contributed by atoms with Gasteiger partial charge in [0.2, 0.25) is 10.0 Å². The minimum Gasteiger partial charge on any atom is -0.492 e. The molecule has 1 aliphatic heterocycles. The van der Waals surface area contributed by atoms with Crippen molar-refractivity contribution in [1.29, 1.82) is 0 Å². The summed E-state index contributed by atoms with van der Waals surface area (Å²) in [4.78, 5) is 13.9. The summed E-state index contributed by atoms with van der Waals surface area (Å²) in [6.07, 6.45) is 1.98. The van der Waals surface area contributed by atoms with Crippen LogP contribution < -0.4 is 4.74 Å². The minimum atomic E-state index is -3.52. The van der Waals surface area contributed by atoms with Crippen LogP contribution in [0.5, 0.6) is 5.75 Å². The maximum Gasteiger partial charge on any atom is 0.289 e. The molecule has 2 aromatic rings. The molecule has 1 saturated heterocycles. The van der Waals surface area contributed by atoms with E-state index < -0.39 is 10.0 Å². The number of ether oxygens (including phenoxy) is 1. The molecule has 9 heteroatoms. The summed E-state index contributed by atoms with van der Waals surface area (Å²) in [5, 5.41) is 0. The number of halogens is 1. The zero-order chi connectivity index (χ0) is 19.3. The molecule has 0 unspecified atom stereocenters. The van der Waals surface area contributed by atoms with Crippen molar-refractivity contribution in [2.45, 2.75) is 6.42 Å². The average Bonchev–Trinajstić information content (AvgIpc) is 3.06. The Balaban J connectivity index is 1.52. The van der Waals surface area contributed by atoms with Gasteiger partial charge in [0.05, 0.1) is 12.0 Å². The molecule has 2 heterocycles. The second-order valence-corrected chi connectivity index (χ2v) is 8.23. The topological polar surface area (TPSA) is 80.1 Å². The Kier molecular flexibility index (Phi) is 6.12. The Hall–Kier alpha value is -2.39. The molecule has 0 saturated carbocycles. The number of rotatable bonds is 6. The van der Waals surface area contributed by atoms with Crippen LogP contribution in [-0.2, 0) is 10.0 Å². The van der Waals surface area contributed by atoms with E-state index in [1.54, 1.807) is 17.0 Å². The van der Waals surface area contributed by atoms with Gasteiger partial charge in [0.25, 0.3) is 5.91 Å². The number of hydrogen-bond donors (Lipinski definition) is 0. The van der Waals surface area contributed by atoms with Gasteiger partial charge in [0.1, 0.15) is 18.2 Å². The standard InChI is InChI=1S/C18H21FN2O5S/c19-15-4-6-16(7-5-15)25-13-14-27(23,24)21-9-2-8-20(10-11-21)18(22)17-3-1-12-26-17/h1,3-7,12H,2,8-11,13-14H2. The third-order valence-electron chi connectivity index (χ3n) is 4.29. The van der Waals surface area contributed by atoms with Crippen LogP contribution >= 0.6 is 0 Å². The number of carbonyl (C=O) groups excluding carboxylic acids is 1. The molecule has 1 aromatic carbocycles. The largest absolute Gasteiger partial charge is 0.492 e. The average molecular weight is 396 g/mol. The van der Waals surface area contributed by atoms with Gasteiger partial charge in [-0.1, -0.05) is 0 Å². The molecular weight excluding hydrogens is 375 g/mol. The van der Waals surface area contributed by atoms with E-state index in [9.17, 15) is 17.6 Å². The first kappa shape index (κ1) is 19.4. The number of benzene rings is 1. The van der Waals surface area contributed by atoms with Crippen LogP contribution in [0.25, 0.3) is 0 Å². The third-order valence-corrected chi connectivity index (χ3v) is 6.13. The summed E-state index contributed by atoms with van der Waals surface area (Å²) in [5.41, 5.74) is 0. The number of amides is 1. The van der Waals surface area contributed by atoms with E-state index in [0.29, 0.717) is 31.8 Å². The highest BCUT2D eigenvalue weighted by molar-refractivity contribution is 7.89. The first-order chi connectivity index (χ1) is 13.0. The van der Waals surface area contributed by atoms with Crippen molar-refractivity contribution in [3.8, 4) is 5.75 Å². The lowest BCUT2D eigenvalue weighted by molar-refractivity contribution is 0.0732. The van der Waals surface area contributed by atoms with Crippen LogP contribution in [0.4, 0.5) is 4.39 Å². The molecule has 1 amide bonds. The molecule has 27 heavy (non-hydrogen) atoms. The van der Waals surface area contributed by atoms with Crippen LogP contribution in [0.15, 0.2) is 47.1 Å². The molecular formula is C18H21FN2O5S. The Bertz CT molecular complexity index is 852. The highest BCUT2D eigenvalue weighted by Gasteiger charge is 2.27. The molecule has 0 bridgehead atoms. The summed E-state index contributed by atoms with van der Waals surface area (Å²) < 4.78 is 49.9. The lowest BCUT2D eigenvalue weighted by Crippen LogP contribution is -2.39. The van der Waals surface area contributed by atoms with E-state index in [2.05, 4.69) is 0 Å². The molecule has 146 valence electrons. The maximum absolute atomic E-state index is 12.9. The molecule has 1 aliphatic rings. The first-order valence-electron chi connectivity index (χ1n) is 8.65. The summed E-state index contributed by atoms with van der Waals surface area (Å²) in [7, 11) is -3.52. The fourth-order valence-electron chi connectivity index (χ4n) is 2.86. The van der Waals surface area contributed by atoms with Crippen molar-refractivity contribution < 1.29 is 26.8 Å². The Morgan fingerprint density at radius 1 is 1.11 bits per heavy atom. The monoisotopic (exact) mass is 396 g/mol. The molecule has 1 fully saturated rings. The van der Waals surface area contributed by atoms with Crippen LogP contribution in [0.3, 0.4) is 0 Å². The molecule has 0 N–H and O–H groups in total. The molecule has 7 nitrogen and oxygen atoms in total. The first-order valence-corrected chi connectivity index (χ1v) is 10.3. The predicted molar refractivity (Wildman–Crippen MR) is 96.5 cm³/mol. The fourth-order valence-corrected chi connectivity index (χ4v) is 4.18. The van der Waals surface area contributed by atoms with Crippen molar-refractivity contribution in [3.05, 3.63) is 54.2 Å². The maximum atomic E-state index is 12.9. The summed E-state index contributed by atoms with van der Waals surface area (Å²) in [6, 6.07) is 8.64. The van der Waals surface area contributed by atoms with E-state index in [1.165, 1.54) is 34.8 Å². The van der Waals surface area contributed by atoms with E-state index in [-0.39, 0.29) is 36.4 Å². The van der Waals surface area contributed by atoms with Crippen molar-refractivity contribution >= 4 is 15.9 Å². The quantitative estimate of drug-likeness (QED) is 0.746. The van der Waals surface area contributed by atoms with Gasteiger partial charge < -0.3 is 14.1 Å². The van der Waals surface area contributed by atoms with Gasteiger partial charge in [-0.15, -0.1) is 0 Å². The van der Waals surface area contributed by atoms with Crippen molar-refractivity contribution in [3.63, 3.8) is 0 Å². The highest BCUT2D eigenvalue weighted by Crippen LogP contribution is 2.14. The predicted octanol–water partition coefficient (Wildman–Crippen LogP) is 1.98. The van der Waals surface area contributed by atoms with Crippen molar-refractivity contribution in [2.24, 2.45) is 0 Å². The van der Waals surface area contributed by atoms with E-state index >= 15 is 0 Å². The minimum absolute atomic E-state index is 0.0283. The smallest absolute Gasteiger partial charge is 0.289 e. The zero-order valence-corrected chi connectivity index (χ0v) is 15.5. The number of hydrogen-bond acceptors (Lipinski definition) is 5. The molecule has 1 aromatic heterocycles. The van der Waals surface area contributed by atoms with Gasteiger partial charge in [-0.3, -0.25) is 4.79 Å². The lowest BCUT2D eigenvalue weighted by atomic mass is 10.3. The second kappa shape index (κ2) is 8.53. The summed E-state index contributed by atoms with van der Waals surface area (Å²) in [5.74, 6) is -0.139. The third kappa shape index (κ3) is 5.08. The van der Waals surface area contributed by atoms with Gasteiger partial charge in [0.15, 0.2) is 5.76 Å². The van der Waals surface area contributed by atoms with Gasteiger partial charge in [-0.2, -0.15) is 4.31 Å². The van der Waals surface area contributed by atoms with Crippen LogP contribution in [0.2, 0.25) is 0 Å². The van der Waals surface area contributed by atoms with Crippen molar-refractivity contribution in [2.75, 3.05) is 38.5 Å².